The number of nitrogen functional groups attached to an aromatic ring is 2. The van der Waals surface area contributed by atoms with Crippen molar-refractivity contribution in [2.24, 2.45) is 11.5 Å². The van der Waals surface area contributed by atoms with Crippen molar-refractivity contribution in [2.75, 3.05) is 5.32 Å². The van der Waals surface area contributed by atoms with Crippen molar-refractivity contribution < 1.29 is 4.74 Å². The Hall–Kier alpha value is -3.87. The largest absolute Gasteiger partial charge is 0.487 e. The molecule has 0 aliphatic heterocycles. The first kappa shape index (κ1) is 20.9. The van der Waals surface area contributed by atoms with Crippen molar-refractivity contribution in [2.45, 2.75) is 27.0 Å². The van der Waals surface area contributed by atoms with E-state index in [-0.39, 0.29) is 11.7 Å². The first-order valence-electron chi connectivity index (χ1n) is 9.54. The number of anilines is 1. The summed E-state index contributed by atoms with van der Waals surface area (Å²) in [5.74, 6) is 0.879. The van der Waals surface area contributed by atoms with E-state index in [0.717, 1.165) is 33.8 Å². The standard InChI is InChI=1S/C23H26N6O/c1-14-19(12-29-20-9-7-18(8-10-20)23(26)27)11-28-15(2)21(14)30-13-16-3-5-17(6-4-16)22(24)25/h3-11,29H,12-13H2,1-2H3,(H3,24,25)(H3,26,27). The van der Waals surface area contributed by atoms with Gasteiger partial charge in [-0.05, 0) is 54.8 Å². The van der Waals surface area contributed by atoms with E-state index in [4.69, 9.17) is 27.0 Å². The van der Waals surface area contributed by atoms with E-state index >= 15 is 0 Å². The number of hydrogen-bond donors (Lipinski definition) is 5. The number of hydrogen-bond acceptors (Lipinski definition) is 5. The third kappa shape index (κ3) is 4.94. The van der Waals surface area contributed by atoms with Crippen LogP contribution in [0.1, 0.15) is 33.5 Å². The maximum Gasteiger partial charge on any atom is 0.144 e. The molecule has 0 spiro atoms. The zero-order valence-corrected chi connectivity index (χ0v) is 17.1. The Balaban J connectivity index is 1.68. The molecule has 1 heterocycles. The number of aromatic nitrogens is 1. The topological polar surface area (TPSA) is 134 Å². The van der Waals surface area contributed by atoms with Crippen molar-refractivity contribution in [1.82, 2.24) is 4.98 Å². The molecule has 0 fully saturated rings. The number of nitrogens with zero attached hydrogens (tertiary/aromatic N) is 1. The molecule has 0 aliphatic rings. The van der Waals surface area contributed by atoms with Gasteiger partial charge in [-0.3, -0.25) is 15.8 Å². The van der Waals surface area contributed by atoms with E-state index in [1.54, 1.807) is 0 Å². The second kappa shape index (κ2) is 9.09. The lowest BCUT2D eigenvalue weighted by atomic mass is 10.1. The number of nitrogens with one attached hydrogen (secondary N) is 3. The fourth-order valence-corrected chi connectivity index (χ4v) is 3.04. The van der Waals surface area contributed by atoms with Crippen molar-refractivity contribution in [1.29, 1.82) is 10.8 Å². The van der Waals surface area contributed by atoms with E-state index in [0.29, 0.717) is 24.3 Å². The number of rotatable bonds is 8. The van der Waals surface area contributed by atoms with Gasteiger partial charge in [0.2, 0.25) is 0 Å². The highest BCUT2D eigenvalue weighted by Crippen LogP contribution is 2.26. The molecule has 0 unspecified atom stereocenters. The smallest absolute Gasteiger partial charge is 0.144 e. The van der Waals surface area contributed by atoms with E-state index in [2.05, 4.69) is 10.3 Å². The highest BCUT2D eigenvalue weighted by molar-refractivity contribution is 5.95. The number of aryl methyl sites for hydroxylation is 1. The van der Waals surface area contributed by atoms with Gasteiger partial charge >= 0.3 is 0 Å². The SMILES string of the molecule is Cc1ncc(CNc2ccc(C(=N)N)cc2)c(C)c1OCc1ccc(C(=N)N)cc1. The third-order valence-electron chi connectivity index (χ3n) is 4.89. The molecule has 0 saturated heterocycles. The van der Waals surface area contributed by atoms with Gasteiger partial charge in [0.25, 0.3) is 0 Å². The number of ether oxygens (including phenoxy) is 1. The van der Waals surface area contributed by atoms with Crippen LogP contribution < -0.4 is 21.5 Å². The lowest BCUT2D eigenvalue weighted by Crippen LogP contribution is -2.11. The number of nitrogens with two attached hydrogens (primary N) is 2. The number of pyridine rings is 1. The molecule has 3 aromatic rings. The molecular weight excluding hydrogens is 376 g/mol. The summed E-state index contributed by atoms with van der Waals surface area (Å²) in [6.45, 7) is 4.96. The lowest BCUT2D eigenvalue weighted by molar-refractivity contribution is 0.300. The maximum absolute atomic E-state index is 7.47. The van der Waals surface area contributed by atoms with Crippen molar-refractivity contribution >= 4 is 17.4 Å². The average Bonchev–Trinajstić information content (AvgIpc) is 2.73. The molecule has 0 bridgehead atoms. The molecule has 154 valence electrons. The van der Waals surface area contributed by atoms with Gasteiger partial charge in [-0.25, -0.2) is 0 Å². The Kier molecular flexibility index (Phi) is 6.32. The van der Waals surface area contributed by atoms with Crippen LogP contribution in [0.5, 0.6) is 5.75 Å². The second-order valence-electron chi connectivity index (χ2n) is 7.07. The van der Waals surface area contributed by atoms with Crippen molar-refractivity contribution in [3.05, 3.63) is 88.2 Å². The zero-order chi connectivity index (χ0) is 21.7. The molecule has 3 rings (SSSR count). The van der Waals surface area contributed by atoms with Gasteiger partial charge in [-0.15, -0.1) is 0 Å². The van der Waals surface area contributed by atoms with E-state index in [1.165, 1.54) is 0 Å². The Morgan fingerprint density at radius 2 is 1.50 bits per heavy atom. The Morgan fingerprint density at radius 1 is 0.933 bits per heavy atom. The first-order valence-corrected chi connectivity index (χ1v) is 9.54. The molecule has 7 nitrogen and oxygen atoms in total. The van der Waals surface area contributed by atoms with Gasteiger partial charge in [0.05, 0.1) is 5.69 Å². The van der Waals surface area contributed by atoms with Gasteiger partial charge in [0.1, 0.15) is 24.0 Å². The van der Waals surface area contributed by atoms with E-state index in [9.17, 15) is 0 Å². The van der Waals surface area contributed by atoms with Crippen LogP contribution in [0.3, 0.4) is 0 Å². The highest BCUT2D eigenvalue weighted by atomic mass is 16.5. The summed E-state index contributed by atoms with van der Waals surface area (Å²) in [6.07, 6.45) is 1.86. The monoisotopic (exact) mass is 402 g/mol. The average molecular weight is 403 g/mol. The predicted molar refractivity (Wildman–Crippen MR) is 120 cm³/mol. The lowest BCUT2D eigenvalue weighted by Gasteiger charge is -2.16. The van der Waals surface area contributed by atoms with Crippen LogP contribution in [0.4, 0.5) is 5.69 Å². The van der Waals surface area contributed by atoms with Crippen LogP contribution >= 0.6 is 0 Å². The first-order chi connectivity index (χ1) is 14.3. The van der Waals surface area contributed by atoms with Crippen LogP contribution in [0.15, 0.2) is 54.7 Å². The van der Waals surface area contributed by atoms with Crippen molar-refractivity contribution in [3.63, 3.8) is 0 Å². The van der Waals surface area contributed by atoms with E-state index in [1.807, 2.05) is 68.6 Å². The van der Waals surface area contributed by atoms with Crippen LogP contribution in [-0.4, -0.2) is 16.7 Å². The Morgan fingerprint density at radius 3 is 2.07 bits per heavy atom. The van der Waals surface area contributed by atoms with Crippen molar-refractivity contribution in [3.8, 4) is 5.75 Å². The summed E-state index contributed by atoms with van der Waals surface area (Å²) in [7, 11) is 0. The summed E-state index contributed by atoms with van der Waals surface area (Å²) < 4.78 is 6.08. The normalized spacial score (nSPS) is 10.5. The quantitative estimate of drug-likeness (QED) is 0.291. The van der Waals surface area contributed by atoms with Crippen LogP contribution in [0.2, 0.25) is 0 Å². The molecule has 7 heteroatoms. The Labute approximate surface area is 176 Å². The predicted octanol–water partition coefficient (Wildman–Crippen LogP) is 3.46. The summed E-state index contributed by atoms with van der Waals surface area (Å²) in [5.41, 5.74) is 17.2. The zero-order valence-electron chi connectivity index (χ0n) is 17.1. The molecule has 0 saturated carbocycles. The molecular formula is C23H26N6O. The molecule has 2 aromatic carbocycles. The Bertz CT molecular complexity index is 1060. The fourth-order valence-electron chi connectivity index (χ4n) is 3.04. The van der Waals surface area contributed by atoms with Gasteiger partial charge in [0.15, 0.2) is 0 Å². The molecule has 0 aliphatic carbocycles. The number of benzene rings is 2. The second-order valence-corrected chi connectivity index (χ2v) is 7.07. The van der Waals surface area contributed by atoms with Gasteiger partial charge < -0.3 is 21.5 Å². The minimum atomic E-state index is 0.0505. The molecule has 30 heavy (non-hydrogen) atoms. The highest BCUT2D eigenvalue weighted by Gasteiger charge is 2.11. The molecule has 7 N–H and O–H groups in total. The molecule has 0 radical (unpaired) electrons. The van der Waals surface area contributed by atoms with Crippen LogP contribution in [-0.2, 0) is 13.2 Å². The molecule has 0 amide bonds. The summed E-state index contributed by atoms with van der Waals surface area (Å²) in [6, 6.07) is 14.9. The van der Waals surface area contributed by atoms with Gasteiger partial charge in [-0.2, -0.15) is 0 Å². The van der Waals surface area contributed by atoms with Gasteiger partial charge in [-0.1, -0.05) is 24.3 Å². The van der Waals surface area contributed by atoms with Crippen LogP contribution in [0, 0.1) is 24.7 Å². The maximum atomic E-state index is 7.47. The molecule has 0 atom stereocenters. The number of amidine groups is 2. The summed E-state index contributed by atoms with van der Waals surface area (Å²) in [5, 5.41) is 18.3. The third-order valence-corrected chi connectivity index (χ3v) is 4.89. The fraction of sp³-hybridized carbons (Fsp3) is 0.174. The van der Waals surface area contributed by atoms with Gasteiger partial charge in [0, 0.05) is 29.6 Å². The minimum Gasteiger partial charge on any atom is -0.487 e. The summed E-state index contributed by atoms with van der Waals surface area (Å²) >= 11 is 0. The summed E-state index contributed by atoms with van der Waals surface area (Å²) in [4.78, 5) is 4.48. The molecule has 1 aromatic heterocycles. The van der Waals surface area contributed by atoms with E-state index < -0.39 is 0 Å². The minimum absolute atomic E-state index is 0.0505. The van der Waals surface area contributed by atoms with Crippen LogP contribution in [0.25, 0.3) is 0 Å².